The number of hydrogen-bond acceptors (Lipinski definition) is 4. The molecule has 0 saturated heterocycles. The molecule has 0 N–H and O–H groups in total. The molecule has 0 fully saturated rings. The number of Topliss-reactive ketones (excluding diaryl/α,β-unsaturated/α-hetero) is 1. The maximum atomic E-state index is 13.2. The van der Waals surface area contributed by atoms with Gasteiger partial charge in [-0.15, -0.1) is 0 Å². The van der Waals surface area contributed by atoms with Gasteiger partial charge in [-0.3, -0.25) is 9.59 Å². The van der Waals surface area contributed by atoms with Crippen LogP contribution in [0.3, 0.4) is 0 Å². The number of ketones is 1. The maximum absolute atomic E-state index is 13.2. The van der Waals surface area contributed by atoms with Gasteiger partial charge in [-0.25, -0.2) is 4.39 Å². The Kier molecular flexibility index (Phi) is 6.49. The molecular formula is C18H16BrFO4. The number of esters is 1. The second-order valence-electron chi connectivity index (χ2n) is 5.05. The van der Waals surface area contributed by atoms with Crippen LogP contribution in [0.4, 0.5) is 4.39 Å². The number of benzene rings is 2. The highest BCUT2D eigenvalue weighted by molar-refractivity contribution is 9.10. The van der Waals surface area contributed by atoms with Crippen molar-refractivity contribution in [2.75, 3.05) is 7.11 Å². The lowest BCUT2D eigenvalue weighted by molar-refractivity contribution is -0.144. The number of carbonyl (C=O) groups excluding carboxylic acids is 2. The van der Waals surface area contributed by atoms with Gasteiger partial charge in [0.1, 0.15) is 18.2 Å². The minimum absolute atomic E-state index is 0.0352. The highest BCUT2D eigenvalue weighted by Crippen LogP contribution is 2.20. The van der Waals surface area contributed by atoms with Gasteiger partial charge in [-0.05, 0) is 30.3 Å². The third-order valence-electron chi connectivity index (χ3n) is 3.35. The molecule has 4 nitrogen and oxygen atoms in total. The molecule has 0 unspecified atom stereocenters. The van der Waals surface area contributed by atoms with E-state index < -0.39 is 11.8 Å². The number of halogens is 2. The van der Waals surface area contributed by atoms with Crippen LogP contribution in [0.2, 0.25) is 0 Å². The zero-order chi connectivity index (χ0) is 17.5. The van der Waals surface area contributed by atoms with Gasteiger partial charge < -0.3 is 9.47 Å². The molecule has 126 valence electrons. The van der Waals surface area contributed by atoms with E-state index in [1.807, 2.05) is 0 Å². The first-order chi connectivity index (χ1) is 11.5. The predicted octanol–water partition coefficient (Wildman–Crippen LogP) is 4.30. The molecule has 0 spiro atoms. The Morgan fingerprint density at radius 1 is 1.08 bits per heavy atom. The molecule has 6 heteroatoms. The van der Waals surface area contributed by atoms with Gasteiger partial charge in [0, 0.05) is 22.0 Å². The summed E-state index contributed by atoms with van der Waals surface area (Å²) in [6.07, 6.45) is 0.0211. The quantitative estimate of drug-likeness (QED) is 0.518. The summed E-state index contributed by atoms with van der Waals surface area (Å²) in [4.78, 5) is 23.8. The summed E-state index contributed by atoms with van der Waals surface area (Å²) in [5.41, 5.74) is 0.975. The maximum Gasteiger partial charge on any atom is 0.306 e. The lowest BCUT2D eigenvalue weighted by Crippen LogP contribution is -2.09. The van der Waals surface area contributed by atoms with E-state index >= 15 is 0 Å². The van der Waals surface area contributed by atoms with E-state index in [1.54, 1.807) is 24.3 Å². The molecule has 0 heterocycles. The zero-order valence-corrected chi connectivity index (χ0v) is 14.6. The molecule has 0 aromatic heterocycles. The van der Waals surface area contributed by atoms with E-state index in [0.29, 0.717) is 16.9 Å². The molecule has 0 aliphatic rings. The van der Waals surface area contributed by atoms with Crippen LogP contribution >= 0.6 is 15.9 Å². The Hall–Kier alpha value is -2.21. The van der Waals surface area contributed by atoms with Crippen LogP contribution in [0.15, 0.2) is 46.9 Å². The second kappa shape index (κ2) is 8.59. The van der Waals surface area contributed by atoms with Crippen molar-refractivity contribution >= 4 is 27.7 Å². The number of ether oxygens (including phenoxy) is 2. The van der Waals surface area contributed by atoms with Gasteiger partial charge >= 0.3 is 5.97 Å². The second-order valence-corrected chi connectivity index (χ2v) is 5.96. The van der Waals surface area contributed by atoms with Gasteiger partial charge in [-0.2, -0.15) is 0 Å². The van der Waals surface area contributed by atoms with E-state index in [9.17, 15) is 14.0 Å². The van der Waals surface area contributed by atoms with E-state index in [-0.39, 0.29) is 25.2 Å². The predicted molar refractivity (Wildman–Crippen MR) is 90.5 cm³/mol. The number of methoxy groups -OCH3 is 1. The van der Waals surface area contributed by atoms with Gasteiger partial charge in [-0.1, -0.05) is 28.1 Å². The standard InChI is InChI=1S/C18H16BrFO4/c1-23-17-8-6-15(20)10-13(17)11-24-18(22)9-7-16(21)12-2-4-14(19)5-3-12/h2-6,8,10H,7,9,11H2,1H3. The molecule has 0 atom stereocenters. The van der Waals surface area contributed by atoms with Crippen LogP contribution in [0.5, 0.6) is 5.75 Å². The third kappa shape index (κ3) is 5.16. The summed E-state index contributed by atoms with van der Waals surface area (Å²) < 4.78 is 24.3. The first-order valence-electron chi connectivity index (χ1n) is 7.26. The van der Waals surface area contributed by atoms with Crippen molar-refractivity contribution in [2.45, 2.75) is 19.4 Å². The van der Waals surface area contributed by atoms with Crippen molar-refractivity contribution < 1.29 is 23.5 Å². The SMILES string of the molecule is COc1ccc(F)cc1COC(=O)CCC(=O)c1ccc(Br)cc1. The molecular weight excluding hydrogens is 379 g/mol. The Morgan fingerprint density at radius 2 is 1.79 bits per heavy atom. The zero-order valence-electron chi connectivity index (χ0n) is 13.1. The van der Waals surface area contributed by atoms with Crippen LogP contribution in [0.1, 0.15) is 28.8 Å². The molecule has 24 heavy (non-hydrogen) atoms. The molecule has 0 aliphatic heterocycles. The van der Waals surface area contributed by atoms with E-state index in [0.717, 1.165) is 4.47 Å². The minimum Gasteiger partial charge on any atom is -0.496 e. The Labute approximate surface area is 147 Å². The summed E-state index contributed by atoms with van der Waals surface area (Å²) in [7, 11) is 1.45. The fraction of sp³-hybridized carbons (Fsp3) is 0.222. The minimum atomic E-state index is -0.522. The smallest absolute Gasteiger partial charge is 0.306 e. The summed E-state index contributed by atoms with van der Waals surface area (Å²) in [5, 5.41) is 0. The third-order valence-corrected chi connectivity index (χ3v) is 3.88. The molecule has 0 saturated carbocycles. The number of rotatable bonds is 7. The highest BCUT2D eigenvalue weighted by Gasteiger charge is 2.12. The van der Waals surface area contributed by atoms with Crippen LogP contribution in [-0.4, -0.2) is 18.9 Å². The molecule has 2 aromatic rings. The topological polar surface area (TPSA) is 52.6 Å². The molecule has 0 bridgehead atoms. The Bertz CT molecular complexity index is 728. The normalized spacial score (nSPS) is 10.3. The summed E-state index contributed by atoms with van der Waals surface area (Å²) >= 11 is 3.29. The Morgan fingerprint density at radius 3 is 2.46 bits per heavy atom. The van der Waals surface area contributed by atoms with Crippen molar-refractivity contribution in [2.24, 2.45) is 0 Å². The summed E-state index contributed by atoms with van der Waals surface area (Å²) in [6, 6.07) is 10.9. The molecule has 0 radical (unpaired) electrons. The number of hydrogen-bond donors (Lipinski definition) is 0. The van der Waals surface area contributed by atoms with Crippen molar-refractivity contribution in [3.8, 4) is 5.75 Å². The van der Waals surface area contributed by atoms with Gasteiger partial charge in [0.2, 0.25) is 0 Å². The average Bonchev–Trinajstić information content (AvgIpc) is 2.58. The van der Waals surface area contributed by atoms with E-state index in [4.69, 9.17) is 9.47 Å². The van der Waals surface area contributed by atoms with Crippen LogP contribution in [0, 0.1) is 5.82 Å². The molecule has 0 aliphatic carbocycles. The van der Waals surface area contributed by atoms with Gasteiger partial charge in [0.25, 0.3) is 0 Å². The van der Waals surface area contributed by atoms with Crippen LogP contribution in [-0.2, 0) is 16.1 Å². The van der Waals surface area contributed by atoms with Gasteiger partial charge in [0.05, 0.1) is 13.5 Å². The molecule has 0 amide bonds. The average molecular weight is 395 g/mol. The fourth-order valence-corrected chi connectivity index (χ4v) is 2.35. The number of carbonyl (C=O) groups is 2. The van der Waals surface area contributed by atoms with E-state index in [1.165, 1.54) is 25.3 Å². The lowest BCUT2D eigenvalue weighted by Gasteiger charge is -2.09. The highest BCUT2D eigenvalue weighted by atomic mass is 79.9. The van der Waals surface area contributed by atoms with Crippen molar-refractivity contribution in [1.82, 2.24) is 0 Å². The van der Waals surface area contributed by atoms with Crippen molar-refractivity contribution in [3.63, 3.8) is 0 Å². The van der Waals surface area contributed by atoms with E-state index in [2.05, 4.69) is 15.9 Å². The van der Waals surface area contributed by atoms with Gasteiger partial charge in [0.15, 0.2) is 5.78 Å². The monoisotopic (exact) mass is 394 g/mol. The summed E-state index contributed by atoms with van der Waals surface area (Å²) in [5.74, 6) is -0.656. The lowest BCUT2D eigenvalue weighted by atomic mass is 10.1. The van der Waals surface area contributed by atoms with Crippen LogP contribution in [0.25, 0.3) is 0 Å². The Balaban J connectivity index is 1.84. The van der Waals surface area contributed by atoms with Crippen molar-refractivity contribution in [3.05, 3.63) is 63.9 Å². The van der Waals surface area contributed by atoms with Crippen LogP contribution < -0.4 is 4.74 Å². The summed E-state index contributed by atoms with van der Waals surface area (Å²) in [6.45, 7) is -0.105. The van der Waals surface area contributed by atoms with Crippen molar-refractivity contribution in [1.29, 1.82) is 0 Å². The first-order valence-corrected chi connectivity index (χ1v) is 8.05. The first kappa shape index (κ1) is 18.1. The fourth-order valence-electron chi connectivity index (χ4n) is 2.09. The molecule has 2 aromatic carbocycles. The molecule has 2 rings (SSSR count). The largest absolute Gasteiger partial charge is 0.496 e.